The zero-order valence-corrected chi connectivity index (χ0v) is 17.6. The van der Waals surface area contributed by atoms with Gasteiger partial charge in [0.05, 0.1) is 6.42 Å². The molecule has 0 fully saturated rings. The summed E-state index contributed by atoms with van der Waals surface area (Å²) < 4.78 is 14.1. The molecule has 0 unspecified atom stereocenters. The van der Waals surface area contributed by atoms with Crippen LogP contribution in [0.15, 0.2) is 48.5 Å². The Labute approximate surface area is 173 Å². The largest absolute Gasteiger partial charge is 0.354 e. The van der Waals surface area contributed by atoms with E-state index in [1.54, 1.807) is 23.1 Å². The lowest BCUT2D eigenvalue weighted by Crippen LogP contribution is -2.49. The molecule has 0 heterocycles. The topological polar surface area (TPSA) is 49.4 Å². The van der Waals surface area contributed by atoms with Crippen molar-refractivity contribution in [3.8, 4) is 0 Å². The van der Waals surface area contributed by atoms with Crippen LogP contribution in [0.4, 0.5) is 4.39 Å². The second-order valence-electron chi connectivity index (χ2n) is 7.28. The van der Waals surface area contributed by atoms with E-state index in [1.165, 1.54) is 6.07 Å². The Bertz CT molecular complexity index is 822. The molecule has 156 valence electrons. The van der Waals surface area contributed by atoms with Crippen LogP contribution in [-0.4, -0.2) is 29.3 Å². The SMILES string of the molecule is CCCCNC(=O)[C@H](CC)N(Cc1ccccc1C)C(=O)Cc1ccccc1F. The minimum absolute atomic E-state index is 0.0721. The molecule has 0 aromatic heterocycles. The van der Waals surface area contributed by atoms with Gasteiger partial charge >= 0.3 is 0 Å². The first kappa shape index (κ1) is 22.6. The van der Waals surface area contributed by atoms with Crippen molar-refractivity contribution in [2.45, 2.75) is 59.0 Å². The first-order valence-corrected chi connectivity index (χ1v) is 10.3. The van der Waals surface area contributed by atoms with Crippen molar-refractivity contribution in [2.24, 2.45) is 0 Å². The van der Waals surface area contributed by atoms with Crippen LogP contribution in [0.2, 0.25) is 0 Å². The Kier molecular flexibility index (Phi) is 8.84. The van der Waals surface area contributed by atoms with Gasteiger partial charge in [-0.05, 0) is 42.5 Å². The third-order valence-corrected chi connectivity index (χ3v) is 5.12. The molecule has 2 amide bonds. The summed E-state index contributed by atoms with van der Waals surface area (Å²) in [6, 6.07) is 13.5. The first-order chi connectivity index (χ1) is 14.0. The lowest BCUT2D eigenvalue weighted by Gasteiger charge is -2.31. The quantitative estimate of drug-likeness (QED) is 0.603. The van der Waals surface area contributed by atoms with Crippen LogP contribution in [0.25, 0.3) is 0 Å². The van der Waals surface area contributed by atoms with Crippen LogP contribution in [0.3, 0.4) is 0 Å². The van der Waals surface area contributed by atoms with E-state index in [1.807, 2.05) is 38.1 Å². The molecule has 29 heavy (non-hydrogen) atoms. The predicted molar refractivity (Wildman–Crippen MR) is 114 cm³/mol. The molecule has 0 aliphatic rings. The maximum Gasteiger partial charge on any atom is 0.242 e. The van der Waals surface area contributed by atoms with E-state index in [0.29, 0.717) is 25.1 Å². The van der Waals surface area contributed by atoms with Gasteiger partial charge in [-0.1, -0.05) is 62.7 Å². The molecule has 2 aromatic carbocycles. The average Bonchev–Trinajstić information content (AvgIpc) is 2.71. The Morgan fingerprint density at radius 1 is 1.03 bits per heavy atom. The zero-order chi connectivity index (χ0) is 21.2. The first-order valence-electron chi connectivity index (χ1n) is 10.3. The highest BCUT2D eigenvalue weighted by atomic mass is 19.1. The number of benzene rings is 2. The molecule has 0 radical (unpaired) electrons. The summed E-state index contributed by atoms with van der Waals surface area (Å²) in [5.41, 5.74) is 2.38. The number of carbonyl (C=O) groups is 2. The van der Waals surface area contributed by atoms with Crippen molar-refractivity contribution in [3.63, 3.8) is 0 Å². The van der Waals surface area contributed by atoms with E-state index in [0.717, 1.165) is 24.0 Å². The van der Waals surface area contributed by atoms with Gasteiger partial charge in [0.15, 0.2) is 0 Å². The minimum atomic E-state index is -0.592. The third-order valence-electron chi connectivity index (χ3n) is 5.12. The number of rotatable bonds is 10. The summed E-state index contributed by atoms with van der Waals surface area (Å²) in [5, 5.41) is 2.94. The lowest BCUT2D eigenvalue weighted by atomic mass is 10.0. The van der Waals surface area contributed by atoms with Crippen LogP contribution in [0.5, 0.6) is 0 Å². The van der Waals surface area contributed by atoms with Crippen molar-refractivity contribution in [1.82, 2.24) is 10.2 Å². The van der Waals surface area contributed by atoms with Crippen molar-refractivity contribution < 1.29 is 14.0 Å². The normalized spacial score (nSPS) is 11.7. The fraction of sp³-hybridized carbons (Fsp3) is 0.417. The van der Waals surface area contributed by atoms with Crippen molar-refractivity contribution >= 4 is 11.8 Å². The smallest absolute Gasteiger partial charge is 0.242 e. The summed E-state index contributed by atoms with van der Waals surface area (Å²) in [4.78, 5) is 27.6. The van der Waals surface area contributed by atoms with Gasteiger partial charge in [0.25, 0.3) is 0 Å². The lowest BCUT2D eigenvalue weighted by molar-refractivity contribution is -0.141. The fourth-order valence-electron chi connectivity index (χ4n) is 3.30. The van der Waals surface area contributed by atoms with Crippen LogP contribution < -0.4 is 5.32 Å². The molecule has 1 atom stereocenters. The Hall–Kier alpha value is -2.69. The van der Waals surface area contributed by atoms with Crippen LogP contribution >= 0.6 is 0 Å². The van der Waals surface area contributed by atoms with Crippen molar-refractivity contribution in [2.75, 3.05) is 6.54 Å². The molecular weight excluding hydrogens is 367 g/mol. The monoisotopic (exact) mass is 398 g/mol. The second-order valence-corrected chi connectivity index (χ2v) is 7.28. The highest BCUT2D eigenvalue weighted by Crippen LogP contribution is 2.18. The Morgan fingerprint density at radius 3 is 2.31 bits per heavy atom. The molecule has 5 heteroatoms. The third kappa shape index (κ3) is 6.41. The van der Waals surface area contributed by atoms with E-state index in [-0.39, 0.29) is 18.2 Å². The van der Waals surface area contributed by atoms with E-state index >= 15 is 0 Å². The highest BCUT2D eigenvalue weighted by Gasteiger charge is 2.29. The van der Waals surface area contributed by atoms with Gasteiger partial charge < -0.3 is 10.2 Å². The maximum absolute atomic E-state index is 14.1. The average molecular weight is 399 g/mol. The number of unbranched alkanes of at least 4 members (excludes halogenated alkanes) is 1. The molecule has 2 rings (SSSR count). The van der Waals surface area contributed by atoms with Gasteiger partial charge in [0, 0.05) is 13.1 Å². The summed E-state index contributed by atoms with van der Waals surface area (Å²) >= 11 is 0. The van der Waals surface area contributed by atoms with Crippen LogP contribution in [0.1, 0.15) is 49.8 Å². The number of halogens is 1. The molecule has 0 aliphatic heterocycles. The van der Waals surface area contributed by atoms with Crippen LogP contribution in [0, 0.1) is 12.7 Å². The standard InChI is InChI=1S/C24H31FN2O2/c1-4-6-15-26-24(29)22(5-2)27(17-20-13-8-7-11-18(20)3)23(28)16-19-12-9-10-14-21(19)25/h7-14,22H,4-6,15-17H2,1-3H3,(H,26,29)/t22-/m0/s1. The van der Waals surface area contributed by atoms with E-state index in [2.05, 4.69) is 12.2 Å². The molecular formula is C24H31FN2O2. The number of nitrogens with zero attached hydrogens (tertiary/aromatic N) is 1. The molecule has 0 saturated heterocycles. The number of aryl methyl sites for hydroxylation is 1. The molecule has 4 nitrogen and oxygen atoms in total. The minimum Gasteiger partial charge on any atom is -0.354 e. The van der Waals surface area contributed by atoms with Gasteiger partial charge in [-0.25, -0.2) is 4.39 Å². The number of carbonyl (C=O) groups excluding carboxylic acids is 2. The van der Waals surface area contributed by atoms with E-state index in [9.17, 15) is 14.0 Å². The molecule has 0 saturated carbocycles. The summed E-state index contributed by atoms with van der Waals surface area (Å²) in [6.45, 7) is 6.85. The van der Waals surface area contributed by atoms with Gasteiger partial charge in [-0.2, -0.15) is 0 Å². The van der Waals surface area contributed by atoms with Crippen molar-refractivity contribution in [1.29, 1.82) is 0 Å². The molecule has 1 N–H and O–H groups in total. The summed E-state index contributed by atoms with van der Waals surface area (Å²) in [6.07, 6.45) is 2.30. The van der Waals surface area contributed by atoms with Gasteiger partial charge in [0.2, 0.25) is 11.8 Å². The fourth-order valence-corrected chi connectivity index (χ4v) is 3.30. The molecule has 0 spiro atoms. The van der Waals surface area contributed by atoms with Gasteiger partial charge in [0.1, 0.15) is 11.9 Å². The summed E-state index contributed by atoms with van der Waals surface area (Å²) in [7, 11) is 0. The van der Waals surface area contributed by atoms with Crippen LogP contribution in [-0.2, 0) is 22.6 Å². The molecule has 0 aliphatic carbocycles. The molecule has 2 aromatic rings. The van der Waals surface area contributed by atoms with E-state index < -0.39 is 11.9 Å². The number of hydrogen-bond acceptors (Lipinski definition) is 2. The zero-order valence-electron chi connectivity index (χ0n) is 17.6. The number of hydrogen-bond donors (Lipinski definition) is 1. The maximum atomic E-state index is 14.1. The number of amides is 2. The summed E-state index contributed by atoms with van der Waals surface area (Å²) in [5.74, 6) is -0.815. The van der Waals surface area contributed by atoms with Gasteiger partial charge in [-0.15, -0.1) is 0 Å². The van der Waals surface area contributed by atoms with Crippen molar-refractivity contribution in [3.05, 3.63) is 71.0 Å². The molecule has 0 bridgehead atoms. The number of nitrogens with one attached hydrogen (secondary N) is 1. The highest BCUT2D eigenvalue weighted by molar-refractivity contribution is 5.88. The van der Waals surface area contributed by atoms with Gasteiger partial charge in [-0.3, -0.25) is 9.59 Å². The Balaban J connectivity index is 2.28. The predicted octanol–water partition coefficient (Wildman–Crippen LogP) is 4.40. The second kappa shape index (κ2) is 11.3. The van der Waals surface area contributed by atoms with E-state index in [4.69, 9.17) is 0 Å². The Morgan fingerprint density at radius 2 is 1.69 bits per heavy atom.